The van der Waals surface area contributed by atoms with Crippen molar-refractivity contribution >= 4 is 5.91 Å². The molecule has 17 heavy (non-hydrogen) atoms. The SMILES string of the molecule is CC(C)OCCNC(=O)Cc1cccc(O)c1. The molecule has 1 aromatic rings. The highest BCUT2D eigenvalue weighted by Gasteiger charge is 2.03. The van der Waals surface area contributed by atoms with Crippen LogP contribution in [0, 0.1) is 0 Å². The van der Waals surface area contributed by atoms with Crippen LogP contribution in [0.1, 0.15) is 19.4 Å². The van der Waals surface area contributed by atoms with Gasteiger partial charge in [-0.2, -0.15) is 0 Å². The molecule has 0 atom stereocenters. The molecule has 0 radical (unpaired) electrons. The molecule has 1 rings (SSSR count). The molecular weight excluding hydrogens is 218 g/mol. The van der Waals surface area contributed by atoms with E-state index in [1.165, 1.54) is 0 Å². The number of rotatable bonds is 6. The Morgan fingerprint density at radius 2 is 2.24 bits per heavy atom. The molecular formula is C13H19NO3. The fourth-order valence-corrected chi connectivity index (χ4v) is 1.40. The van der Waals surface area contributed by atoms with Gasteiger partial charge in [0.05, 0.1) is 19.1 Å². The summed E-state index contributed by atoms with van der Waals surface area (Å²) < 4.78 is 5.31. The van der Waals surface area contributed by atoms with Gasteiger partial charge in [0.1, 0.15) is 5.75 Å². The van der Waals surface area contributed by atoms with Gasteiger partial charge in [-0.25, -0.2) is 0 Å². The van der Waals surface area contributed by atoms with Gasteiger partial charge in [-0.05, 0) is 31.5 Å². The molecule has 1 amide bonds. The van der Waals surface area contributed by atoms with Crippen LogP contribution >= 0.6 is 0 Å². The van der Waals surface area contributed by atoms with Crippen molar-refractivity contribution in [3.63, 3.8) is 0 Å². The van der Waals surface area contributed by atoms with Crippen LogP contribution in [0.2, 0.25) is 0 Å². The van der Waals surface area contributed by atoms with E-state index in [1.54, 1.807) is 18.2 Å². The van der Waals surface area contributed by atoms with Gasteiger partial charge in [0, 0.05) is 6.54 Å². The molecule has 0 bridgehead atoms. The lowest BCUT2D eigenvalue weighted by Gasteiger charge is -2.08. The monoisotopic (exact) mass is 237 g/mol. The molecule has 94 valence electrons. The van der Waals surface area contributed by atoms with Crippen LogP contribution in [0.4, 0.5) is 0 Å². The highest BCUT2D eigenvalue weighted by Crippen LogP contribution is 2.10. The summed E-state index contributed by atoms with van der Waals surface area (Å²) in [7, 11) is 0. The van der Waals surface area contributed by atoms with Gasteiger partial charge >= 0.3 is 0 Å². The number of hydrogen-bond donors (Lipinski definition) is 2. The maximum atomic E-state index is 11.5. The lowest BCUT2D eigenvalue weighted by Crippen LogP contribution is -2.29. The fourth-order valence-electron chi connectivity index (χ4n) is 1.40. The first-order valence-corrected chi connectivity index (χ1v) is 5.74. The van der Waals surface area contributed by atoms with Crippen molar-refractivity contribution in [3.8, 4) is 5.75 Å². The predicted molar refractivity (Wildman–Crippen MR) is 65.9 cm³/mol. The Balaban J connectivity index is 2.25. The molecule has 2 N–H and O–H groups in total. The maximum Gasteiger partial charge on any atom is 0.224 e. The van der Waals surface area contributed by atoms with Gasteiger partial charge in [-0.3, -0.25) is 4.79 Å². The average Bonchev–Trinajstić information content (AvgIpc) is 2.24. The van der Waals surface area contributed by atoms with Crippen molar-refractivity contribution in [1.29, 1.82) is 0 Å². The third-order valence-corrected chi connectivity index (χ3v) is 2.15. The van der Waals surface area contributed by atoms with E-state index in [1.807, 2.05) is 19.9 Å². The predicted octanol–water partition coefficient (Wildman–Crippen LogP) is 1.48. The van der Waals surface area contributed by atoms with Crippen LogP contribution in [0.25, 0.3) is 0 Å². The molecule has 0 unspecified atom stereocenters. The number of phenols is 1. The molecule has 0 heterocycles. The summed E-state index contributed by atoms with van der Waals surface area (Å²) in [5.74, 6) is 0.112. The van der Waals surface area contributed by atoms with Crippen molar-refractivity contribution in [2.75, 3.05) is 13.2 Å². The second kappa shape index (κ2) is 6.91. The van der Waals surface area contributed by atoms with Crippen molar-refractivity contribution < 1.29 is 14.6 Å². The standard InChI is InChI=1S/C13H19NO3/c1-10(2)17-7-6-14-13(16)9-11-4-3-5-12(15)8-11/h3-5,8,10,15H,6-7,9H2,1-2H3,(H,14,16). The van der Waals surface area contributed by atoms with Crippen LogP contribution in [0.15, 0.2) is 24.3 Å². The molecule has 0 spiro atoms. The van der Waals surface area contributed by atoms with Gasteiger partial charge in [-0.1, -0.05) is 12.1 Å². The first-order valence-electron chi connectivity index (χ1n) is 5.74. The number of hydrogen-bond acceptors (Lipinski definition) is 3. The van der Waals surface area contributed by atoms with E-state index in [4.69, 9.17) is 4.74 Å². The lowest BCUT2D eigenvalue weighted by atomic mass is 10.1. The van der Waals surface area contributed by atoms with E-state index in [9.17, 15) is 9.90 Å². The number of carbonyl (C=O) groups is 1. The molecule has 0 aliphatic carbocycles. The molecule has 0 saturated carbocycles. The summed E-state index contributed by atoms with van der Waals surface area (Å²) in [4.78, 5) is 11.5. The first-order chi connectivity index (χ1) is 8.08. The molecule has 0 aliphatic rings. The lowest BCUT2D eigenvalue weighted by molar-refractivity contribution is -0.120. The van der Waals surface area contributed by atoms with Crippen molar-refractivity contribution in [1.82, 2.24) is 5.32 Å². The Morgan fingerprint density at radius 3 is 2.88 bits per heavy atom. The molecule has 0 aromatic heterocycles. The Morgan fingerprint density at radius 1 is 1.47 bits per heavy atom. The molecule has 0 saturated heterocycles. The van der Waals surface area contributed by atoms with E-state index in [-0.39, 0.29) is 24.2 Å². The second-order valence-electron chi connectivity index (χ2n) is 4.12. The van der Waals surface area contributed by atoms with E-state index in [2.05, 4.69) is 5.32 Å². The zero-order chi connectivity index (χ0) is 12.7. The zero-order valence-corrected chi connectivity index (χ0v) is 10.3. The third-order valence-electron chi connectivity index (χ3n) is 2.15. The van der Waals surface area contributed by atoms with Gasteiger partial charge in [0.25, 0.3) is 0 Å². The summed E-state index contributed by atoms with van der Waals surface area (Å²) >= 11 is 0. The summed E-state index contributed by atoms with van der Waals surface area (Å²) in [6.07, 6.45) is 0.453. The molecule has 4 heteroatoms. The van der Waals surface area contributed by atoms with Crippen LogP contribution in [-0.2, 0) is 16.0 Å². The quantitative estimate of drug-likeness (QED) is 0.737. The number of carbonyl (C=O) groups excluding carboxylic acids is 1. The van der Waals surface area contributed by atoms with Crippen LogP contribution in [0.3, 0.4) is 0 Å². The van der Waals surface area contributed by atoms with Gasteiger partial charge in [0.2, 0.25) is 5.91 Å². The molecule has 4 nitrogen and oxygen atoms in total. The van der Waals surface area contributed by atoms with Crippen LogP contribution < -0.4 is 5.32 Å². The van der Waals surface area contributed by atoms with Gasteiger partial charge in [-0.15, -0.1) is 0 Å². The summed E-state index contributed by atoms with van der Waals surface area (Å²) in [5, 5.41) is 12.0. The van der Waals surface area contributed by atoms with E-state index in [0.717, 1.165) is 5.56 Å². The van der Waals surface area contributed by atoms with Crippen molar-refractivity contribution in [2.45, 2.75) is 26.4 Å². The van der Waals surface area contributed by atoms with Gasteiger partial charge in [0.15, 0.2) is 0 Å². The Labute approximate surface area is 102 Å². The minimum atomic E-state index is -0.0667. The van der Waals surface area contributed by atoms with Crippen LogP contribution in [-0.4, -0.2) is 30.3 Å². The summed E-state index contributed by atoms with van der Waals surface area (Å²) in [5.41, 5.74) is 0.798. The molecule has 0 fully saturated rings. The van der Waals surface area contributed by atoms with E-state index in [0.29, 0.717) is 13.2 Å². The first kappa shape index (κ1) is 13.5. The van der Waals surface area contributed by atoms with Crippen molar-refractivity contribution in [3.05, 3.63) is 29.8 Å². The van der Waals surface area contributed by atoms with Gasteiger partial charge < -0.3 is 15.2 Å². The summed E-state index contributed by atoms with van der Waals surface area (Å²) in [6, 6.07) is 6.70. The number of nitrogens with one attached hydrogen (secondary N) is 1. The summed E-state index contributed by atoms with van der Waals surface area (Å²) in [6.45, 7) is 4.93. The average molecular weight is 237 g/mol. The zero-order valence-electron chi connectivity index (χ0n) is 10.3. The largest absolute Gasteiger partial charge is 0.508 e. The topological polar surface area (TPSA) is 58.6 Å². The van der Waals surface area contributed by atoms with E-state index >= 15 is 0 Å². The number of aromatic hydroxyl groups is 1. The number of ether oxygens (including phenoxy) is 1. The minimum Gasteiger partial charge on any atom is -0.508 e. The Hall–Kier alpha value is -1.55. The third kappa shape index (κ3) is 5.92. The Bertz CT molecular complexity index is 363. The van der Waals surface area contributed by atoms with Crippen LogP contribution in [0.5, 0.6) is 5.75 Å². The molecule has 1 aromatic carbocycles. The highest BCUT2D eigenvalue weighted by molar-refractivity contribution is 5.78. The van der Waals surface area contributed by atoms with Crippen molar-refractivity contribution in [2.24, 2.45) is 0 Å². The second-order valence-corrected chi connectivity index (χ2v) is 4.12. The highest BCUT2D eigenvalue weighted by atomic mass is 16.5. The number of phenolic OH excluding ortho intramolecular Hbond substituents is 1. The maximum absolute atomic E-state index is 11.5. The number of benzene rings is 1. The molecule has 0 aliphatic heterocycles. The minimum absolute atomic E-state index is 0.0667. The van der Waals surface area contributed by atoms with E-state index < -0.39 is 0 Å². The number of amides is 1. The normalized spacial score (nSPS) is 10.5. The smallest absolute Gasteiger partial charge is 0.224 e. The fraction of sp³-hybridized carbons (Fsp3) is 0.462. The Kier molecular flexibility index (Phi) is 5.49.